The van der Waals surface area contributed by atoms with Crippen LogP contribution in [-0.2, 0) is 6.61 Å². The monoisotopic (exact) mass is 212 g/mol. The van der Waals surface area contributed by atoms with Gasteiger partial charge in [0.2, 0.25) is 0 Å². The van der Waals surface area contributed by atoms with Crippen LogP contribution in [0.5, 0.6) is 0 Å². The first-order valence-corrected chi connectivity index (χ1v) is 5.49. The molecular weight excluding hydrogens is 196 g/mol. The van der Waals surface area contributed by atoms with Crippen molar-refractivity contribution >= 4 is 0 Å². The lowest BCUT2D eigenvalue weighted by Crippen LogP contribution is -1.95. The average molecular weight is 212 g/mol. The lowest BCUT2D eigenvalue weighted by molar-refractivity contribution is 0.280. The van der Waals surface area contributed by atoms with E-state index in [1.54, 1.807) is 0 Å². The van der Waals surface area contributed by atoms with Gasteiger partial charge in [-0.25, -0.2) is 0 Å². The third kappa shape index (κ3) is 1.86. The second kappa shape index (κ2) is 4.50. The minimum atomic E-state index is 0.109. The molecule has 0 fully saturated rings. The van der Waals surface area contributed by atoms with E-state index in [9.17, 15) is 5.11 Å². The molecule has 0 aliphatic heterocycles. The molecule has 2 rings (SSSR count). The van der Waals surface area contributed by atoms with Gasteiger partial charge in [0, 0.05) is 0 Å². The van der Waals surface area contributed by atoms with E-state index in [1.807, 2.05) is 25.1 Å². The molecule has 0 saturated heterocycles. The van der Waals surface area contributed by atoms with Crippen molar-refractivity contribution in [2.75, 3.05) is 0 Å². The highest BCUT2D eigenvalue weighted by Gasteiger charge is 2.07. The van der Waals surface area contributed by atoms with E-state index < -0.39 is 0 Å². The molecule has 0 spiro atoms. The molecule has 0 saturated carbocycles. The van der Waals surface area contributed by atoms with Gasteiger partial charge in [0.1, 0.15) is 0 Å². The summed E-state index contributed by atoms with van der Waals surface area (Å²) in [6.45, 7) is 4.21. The molecule has 0 radical (unpaired) electrons. The fraction of sp³-hybridized carbons (Fsp3) is 0.200. The summed E-state index contributed by atoms with van der Waals surface area (Å²) in [5.41, 5.74) is 5.78. The molecule has 0 aliphatic rings. The Balaban J connectivity index is 2.59. The van der Waals surface area contributed by atoms with Crippen LogP contribution >= 0.6 is 0 Å². The molecule has 0 aromatic heterocycles. The fourth-order valence-corrected chi connectivity index (χ4v) is 2.07. The van der Waals surface area contributed by atoms with Gasteiger partial charge in [-0.3, -0.25) is 0 Å². The van der Waals surface area contributed by atoms with Gasteiger partial charge in [-0.2, -0.15) is 0 Å². The molecule has 1 N–H and O–H groups in total. The van der Waals surface area contributed by atoms with Gasteiger partial charge in [-0.05, 0) is 41.7 Å². The van der Waals surface area contributed by atoms with E-state index in [-0.39, 0.29) is 6.61 Å². The van der Waals surface area contributed by atoms with Crippen molar-refractivity contribution in [3.8, 4) is 11.1 Å². The standard InChI is InChI=1S/C15H16O/c1-11-8-9-14(12(2)15(11)10-16)13-6-4-3-5-7-13/h3-9,16H,10H2,1-2H3. The predicted molar refractivity (Wildman–Crippen MR) is 67.3 cm³/mol. The first kappa shape index (κ1) is 10.9. The minimum Gasteiger partial charge on any atom is -0.392 e. The Kier molecular flexibility index (Phi) is 3.07. The van der Waals surface area contributed by atoms with Crippen LogP contribution < -0.4 is 0 Å². The molecular formula is C15H16O. The van der Waals surface area contributed by atoms with Crippen molar-refractivity contribution in [2.24, 2.45) is 0 Å². The number of benzene rings is 2. The Labute approximate surface area is 96.4 Å². The molecule has 2 aromatic rings. The van der Waals surface area contributed by atoms with Crippen molar-refractivity contribution in [1.29, 1.82) is 0 Å². The summed E-state index contributed by atoms with van der Waals surface area (Å²) in [7, 11) is 0. The van der Waals surface area contributed by atoms with Crippen LogP contribution in [0.2, 0.25) is 0 Å². The molecule has 82 valence electrons. The highest BCUT2D eigenvalue weighted by Crippen LogP contribution is 2.27. The number of hydrogen-bond acceptors (Lipinski definition) is 1. The van der Waals surface area contributed by atoms with E-state index in [0.717, 1.165) is 11.1 Å². The summed E-state index contributed by atoms with van der Waals surface area (Å²) in [5.74, 6) is 0. The molecule has 0 heterocycles. The van der Waals surface area contributed by atoms with Crippen LogP contribution in [0.15, 0.2) is 42.5 Å². The topological polar surface area (TPSA) is 20.2 Å². The SMILES string of the molecule is Cc1ccc(-c2ccccc2)c(C)c1CO. The zero-order valence-electron chi connectivity index (χ0n) is 9.70. The van der Waals surface area contributed by atoms with Crippen molar-refractivity contribution in [3.63, 3.8) is 0 Å². The summed E-state index contributed by atoms with van der Waals surface area (Å²) in [6, 6.07) is 14.5. The second-order valence-corrected chi connectivity index (χ2v) is 4.06. The maximum absolute atomic E-state index is 9.37. The van der Waals surface area contributed by atoms with Gasteiger partial charge < -0.3 is 5.11 Å². The van der Waals surface area contributed by atoms with E-state index >= 15 is 0 Å². The Morgan fingerprint density at radius 2 is 1.62 bits per heavy atom. The molecule has 0 amide bonds. The van der Waals surface area contributed by atoms with Crippen LogP contribution in [0.1, 0.15) is 16.7 Å². The van der Waals surface area contributed by atoms with Gasteiger partial charge in [-0.15, -0.1) is 0 Å². The maximum Gasteiger partial charge on any atom is 0.0687 e. The van der Waals surface area contributed by atoms with Crippen molar-refractivity contribution in [2.45, 2.75) is 20.5 Å². The first-order valence-electron chi connectivity index (χ1n) is 5.49. The van der Waals surface area contributed by atoms with Crippen LogP contribution in [0, 0.1) is 13.8 Å². The second-order valence-electron chi connectivity index (χ2n) is 4.06. The van der Waals surface area contributed by atoms with Crippen molar-refractivity contribution < 1.29 is 5.11 Å². The zero-order valence-corrected chi connectivity index (χ0v) is 9.70. The van der Waals surface area contributed by atoms with Gasteiger partial charge >= 0.3 is 0 Å². The molecule has 1 nitrogen and oxygen atoms in total. The summed E-state index contributed by atoms with van der Waals surface area (Å²) in [6.07, 6.45) is 0. The maximum atomic E-state index is 9.37. The molecule has 0 unspecified atom stereocenters. The van der Waals surface area contributed by atoms with Crippen LogP contribution in [-0.4, -0.2) is 5.11 Å². The summed E-state index contributed by atoms with van der Waals surface area (Å²) >= 11 is 0. The Hall–Kier alpha value is -1.60. The van der Waals surface area contributed by atoms with Gasteiger partial charge in [0.05, 0.1) is 6.61 Å². The number of aryl methyl sites for hydroxylation is 1. The summed E-state index contributed by atoms with van der Waals surface area (Å²) < 4.78 is 0. The summed E-state index contributed by atoms with van der Waals surface area (Å²) in [4.78, 5) is 0. The van der Waals surface area contributed by atoms with Crippen LogP contribution in [0.4, 0.5) is 0 Å². The van der Waals surface area contributed by atoms with Crippen molar-refractivity contribution in [3.05, 3.63) is 59.2 Å². The number of rotatable bonds is 2. The number of aliphatic hydroxyl groups excluding tert-OH is 1. The first-order chi connectivity index (χ1) is 7.74. The average Bonchev–Trinajstić information content (AvgIpc) is 2.31. The molecule has 0 atom stereocenters. The summed E-state index contributed by atoms with van der Waals surface area (Å²) in [5, 5.41) is 9.37. The smallest absolute Gasteiger partial charge is 0.0687 e. The van der Waals surface area contributed by atoms with Crippen molar-refractivity contribution in [1.82, 2.24) is 0 Å². The molecule has 0 bridgehead atoms. The Bertz CT molecular complexity index is 486. The van der Waals surface area contributed by atoms with Gasteiger partial charge in [-0.1, -0.05) is 42.5 Å². The normalized spacial score (nSPS) is 10.4. The van der Waals surface area contributed by atoms with E-state index in [1.165, 1.54) is 16.7 Å². The van der Waals surface area contributed by atoms with Gasteiger partial charge in [0.15, 0.2) is 0 Å². The Morgan fingerprint density at radius 1 is 0.938 bits per heavy atom. The lowest BCUT2D eigenvalue weighted by atomic mass is 9.94. The largest absolute Gasteiger partial charge is 0.392 e. The Morgan fingerprint density at radius 3 is 2.25 bits per heavy atom. The molecule has 2 aromatic carbocycles. The minimum absolute atomic E-state index is 0.109. The highest BCUT2D eigenvalue weighted by molar-refractivity contribution is 5.69. The predicted octanol–water partition coefficient (Wildman–Crippen LogP) is 3.46. The van der Waals surface area contributed by atoms with Crippen LogP contribution in [0.25, 0.3) is 11.1 Å². The quantitative estimate of drug-likeness (QED) is 0.808. The zero-order chi connectivity index (χ0) is 11.5. The number of aliphatic hydroxyl groups is 1. The lowest BCUT2D eigenvalue weighted by Gasteiger charge is -2.12. The molecule has 0 aliphatic carbocycles. The molecule has 16 heavy (non-hydrogen) atoms. The third-order valence-corrected chi connectivity index (χ3v) is 3.08. The fourth-order valence-electron chi connectivity index (χ4n) is 2.07. The number of hydrogen-bond donors (Lipinski definition) is 1. The van der Waals surface area contributed by atoms with E-state index in [0.29, 0.717) is 0 Å². The van der Waals surface area contributed by atoms with Crippen LogP contribution in [0.3, 0.4) is 0 Å². The molecule has 1 heteroatoms. The third-order valence-electron chi connectivity index (χ3n) is 3.08. The van der Waals surface area contributed by atoms with E-state index in [4.69, 9.17) is 0 Å². The highest BCUT2D eigenvalue weighted by atomic mass is 16.3. The van der Waals surface area contributed by atoms with E-state index in [2.05, 4.69) is 31.2 Å². The van der Waals surface area contributed by atoms with Gasteiger partial charge in [0.25, 0.3) is 0 Å².